The summed E-state index contributed by atoms with van der Waals surface area (Å²) in [5, 5.41) is 4.56. The SMILES string of the molecule is Cc1ccc(NCc2cccc(Cl)c2Cl)cc1I. The highest BCUT2D eigenvalue weighted by atomic mass is 127. The standard InChI is InChI=1S/C14H12Cl2IN/c1-9-5-6-11(7-13(9)17)18-8-10-3-2-4-12(15)14(10)16/h2-7,18H,8H2,1H3. The molecule has 0 spiro atoms. The predicted molar refractivity (Wildman–Crippen MR) is 87.7 cm³/mol. The minimum atomic E-state index is 0.592. The molecular formula is C14H12Cl2IN. The fourth-order valence-corrected chi connectivity index (χ4v) is 2.49. The second-order valence-electron chi connectivity index (χ2n) is 4.03. The Hall–Kier alpha value is -0.450. The van der Waals surface area contributed by atoms with E-state index in [4.69, 9.17) is 23.2 Å². The summed E-state index contributed by atoms with van der Waals surface area (Å²) in [6.45, 7) is 2.76. The van der Waals surface area contributed by atoms with Crippen LogP contribution in [0, 0.1) is 10.5 Å². The smallest absolute Gasteiger partial charge is 0.0642 e. The van der Waals surface area contributed by atoms with Gasteiger partial charge in [-0.1, -0.05) is 41.4 Å². The van der Waals surface area contributed by atoms with Crippen LogP contribution >= 0.6 is 45.8 Å². The van der Waals surface area contributed by atoms with Gasteiger partial charge in [0.25, 0.3) is 0 Å². The number of benzene rings is 2. The van der Waals surface area contributed by atoms with Gasteiger partial charge in [0, 0.05) is 15.8 Å². The molecule has 4 heteroatoms. The average molecular weight is 392 g/mol. The van der Waals surface area contributed by atoms with Crippen LogP contribution in [0.25, 0.3) is 0 Å². The van der Waals surface area contributed by atoms with Crippen molar-refractivity contribution < 1.29 is 0 Å². The maximum atomic E-state index is 6.14. The van der Waals surface area contributed by atoms with Gasteiger partial charge in [-0.05, 0) is 58.8 Å². The third-order valence-electron chi connectivity index (χ3n) is 2.69. The van der Waals surface area contributed by atoms with Crippen molar-refractivity contribution in [2.75, 3.05) is 5.32 Å². The summed E-state index contributed by atoms with van der Waals surface area (Å²) in [5.74, 6) is 0. The summed E-state index contributed by atoms with van der Waals surface area (Å²) >= 11 is 14.5. The Morgan fingerprint density at radius 2 is 1.94 bits per heavy atom. The molecule has 0 aliphatic heterocycles. The molecule has 0 aliphatic carbocycles. The summed E-state index contributed by atoms with van der Waals surface area (Å²) in [5.41, 5.74) is 3.36. The van der Waals surface area contributed by atoms with E-state index in [1.807, 2.05) is 12.1 Å². The molecule has 0 aromatic heterocycles. The first-order chi connectivity index (χ1) is 8.58. The highest BCUT2D eigenvalue weighted by molar-refractivity contribution is 14.1. The lowest BCUT2D eigenvalue weighted by atomic mass is 10.2. The van der Waals surface area contributed by atoms with Crippen LogP contribution in [0.2, 0.25) is 10.0 Å². The topological polar surface area (TPSA) is 12.0 Å². The minimum Gasteiger partial charge on any atom is -0.381 e. The van der Waals surface area contributed by atoms with E-state index in [1.54, 1.807) is 6.07 Å². The molecule has 0 fully saturated rings. The first-order valence-corrected chi connectivity index (χ1v) is 7.34. The maximum absolute atomic E-state index is 6.14. The number of aryl methyl sites for hydroxylation is 1. The number of hydrogen-bond acceptors (Lipinski definition) is 1. The Morgan fingerprint density at radius 1 is 1.17 bits per heavy atom. The number of hydrogen-bond donors (Lipinski definition) is 1. The van der Waals surface area contributed by atoms with Gasteiger partial charge in [0.15, 0.2) is 0 Å². The molecule has 0 saturated carbocycles. The van der Waals surface area contributed by atoms with Gasteiger partial charge in [0.2, 0.25) is 0 Å². The van der Waals surface area contributed by atoms with Crippen molar-refractivity contribution in [3.63, 3.8) is 0 Å². The van der Waals surface area contributed by atoms with Crippen molar-refractivity contribution in [2.24, 2.45) is 0 Å². The van der Waals surface area contributed by atoms with E-state index in [9.17, 15) is 0 Å². The van der Waals surface area contributed by atoms with Gasteiger partial charge < -0.3 is 5.32 Å². The molecule has 94 valence electrons. The quantitative estimate of drug-likeness (QED) is 0.679. The van der Waals surface area contributed by atoms with E-state index < -0.39 is 0 Å². The zero-order chi connectivity index (χ0) is 13.1. The van der Waals surface area contributed by atoms with Gasteiger partial charge in [0.05, 0.1) is 10.0 Å². The van der Waals surface area contributed by atoms with Crippen molar-refractivity contribution in [2.45, 2.75) is 13.5 Å². The Balaban J connectivity index is 2.11. The van der Waals surface area contributed by atoms with E-state index in [2.05, 4.69) is 53.0 Å². The molecular weight excluding hydrogens is 380 g/mol. The number of nitrogens with one attached hydrogen (secondary N) is 1. The Morgan fingerprint density at radius 3 is 2.67 bits per heavy atom. The molecule has 18 heavy (non-hydrogen) atoms. The van der Waals surface area contributed by atoms with Crippen LogP contribution < -0.4 is 5.32 Å². The van der Waals surface area contributed by atoms with Crippen molar-refractivity contribution in [3.05, 3.63) is 61.1 Å². The Labute approximate surface area is 131 Å². The largest absolute Gasteiger partial charge is 0.381 e. The number of anilines is 1. The van der Waals surface area contributed by atoms with Gasteiger partial charge in [-0.3, -0.25) is 0 Å². The van der Waals surface area contributed by atoms with Crippen LogP contribution in [-0.4, -0.2) is 0 Å². The van der Waals surface area contributed by atoms with E-state index in [0.29, 0.717) is 16.6 Å². The lowest BCUT2D eigenvalue weighted by Crippen LogP contribution is -2.00. The Bertz CT molecular complexity index is 570. The van der Waals surface area contributed by atoms with Gasteiger partial charge >= 0.3 is 0 Å². The molecule has 0 radical (unpaired) electrons. The summed E-state index contributed by atoms with van der Waals surface area (Å²) < 4.78 is 1.25. The monoisotopic (exact) mass is 391 g/mol. The molecule has 2 rings (SSSR count). The highest BCUT2D eigenvalue weighted by Gasteiger charge is 2.04. The molecule has 0 heterocycles. The van der Waals surface area contributed by atoms with Gasteiger partial charge in [-0.2, -0.15) is 0 Å². The minimum absolute atomic E-state index is 0.592. The number of rotatable bonds is 3. The lowest BCUT2D eigenvalue weighted by Gasteiger charge is -2.10. The Kier molecular flexibility index (Phi) is 4.76. The molecule has 0 bridgehead atoms. The molecule has 0 atom stereocenters. The van der Waals surface area contributed by atoms with Gasteiger partial charge in [0.1, 0.15) is 0 Å². The summed E-state index contributed by atoms with van der Waals surface area (Å²) in [6.07, 6.45) is 0. The van der Waals surface area contributed by atoms with Crippen LogP contribution in [0.15, 0.2) is 36.4 Å². The third kappa shape index (κ3) is 3.31. The summed E-state index contributed by atoms with van der Waals surface area (Å²) in [4.78, 5) is 0. The van der Waals surface area contributed by atoms with Crippen LogP contribution in [-0.2, 0) is 6.54 Å². The predicted octanol–water partition coefficient (Wildman–Crippen LogP) is 5.52. The maximum Gasteiger partial charge on any atom is 0.0642 e. The highest BCUT2D eigenvalue weighted by Crippen LogP contribution is 2.26. The summed E-state index contributed by atoms with van der Waals surface area (Å²) in [7, 11) is 0. The molecule has 1 N–H and O–H groups in total. The zero-order valence-electron chi connectivity index (χ0n) is 9.81. The molecule has 2 aromatic carbocycles. The normalized spacial score (nSPS) is 10.4. The van der Waals surface area contributed by atoms with Crippen molar-refractivity contribution in [1.82, 2.24) is 0 Å². The third-order valence-corrected chi connectivity index (χ3v) is 4.71. The van der Waals surface area contributed by atoms with Gasteiger partial charge in [-0.25, -0.2) is 0 Å². The zero-order valence-corrected chi connectivity index (χ0v) is 13.5. The van der Waals surface area contributed by atoms with Crippen molar-refractivity contribution >= 4 is 51.5 Å². The molecule has 1 nitrogen and oxygen atoms in total. The van der Waals surface area contributed by atoms with Gasteiger partial charge in [-0.15, -0.1) is 0 Å². The van der Waals surface area contributed by atoms with Crippen LogP contribution in [0.1, 0.15) is 11.1 Å². The molecule has 0 saturated heterocycles. The second-order valence-corrected chi connectivity index (χ2v) is 5.98. The molecule has 0 amide bonds. The fraction of sp³-hybridized carbons (Fsp3) is 0.143. The first-order valence-electron chi connectivity index (χ1n) is 5.51. The van der Waals surface area contributed by atoms with E-state index in [-0.39, 0.29) is 0 Å². The van der Waals surface area contributed by atoms with E-state index in [1.165, 1.54) is 9.13 Å². The molecule has 2 aromatic rings. The van der Waals surface area contributed by atoms with Crippen molar-refractivity contribution in [3.8, 4) is 0 Å². The van der Waals surface area contributed by atoms with E-state index >= 15 is 0 Å². The van der Waals surface area contributed by atoms with Crippen LogP contribution in [0.3, 0.4) is 0 Å². The van der Waals surface area contributed by atoms with Crippen molar-refractivity contribution in [1.29, 1.82) is 0 Å². The van der Waals surface area contributed by atoms with Crippen LogP contribution in [0.5, 0.6) is 0 Å². The molecule has 0 unspecified atom stereocenters. The van der Waals surface area contributed by atoms with Crippen LogP contribution in [0.4, 0.5) is 5.69 Å². The van der Waals surface area contributed by atoms with E-state index in [0.717, 1.165) is 11.3 Å². The summed E-state index contributed by atoms with van der Waals surface area (Å²) in [6, 6.07) is 12.0. The number of halogens is 3. The molecule has 0 aliphatic rings. The first kappa shape index (κ1) is 14.0. The fourth-order valence-electron chi connectivity index (χ4n) is 1.59. The average Bonchev–Trinajstić information content (AvgIpc) is 2.35. The lowest BCUT2D eigenvalue weighted by molar-refractivity contribution is 1.15. The second kappa shape index (κ2) is 6.13.